The first-order valence-electron chi connectivity index (χ1n) is 9.73. The average molecular weight is 377 g/mol. The number of carbonyl (C=O) groups is 1. The normalized spacial score (nSPS) is 11.0. The summed E-state index contributed by atoms with van der Waals surface area (Å²) in [5, 5.41) is 4.46. The first-order valence-corrected chi connectivity index (χ1v) is 9.73. The van der Waals surface area contributed by atoms with Crippen LogP contribution in [0.3, 0.4) is 0 Å². The Hall–Kier alpha value is -2.92. The van der Waals surface area contributed by atoms with E-state index < -0.39 is 0 Å². The van der Waals surface area contributed by atoms with Gasteiger partial charge >= 0.3 is 5.97 Å². The molecular formula is C23H27N3O2. The number of nitrogens with one attached hydrogen (secondary N) is 1. The molecule has 0 aliphatic carbocycles. The van der Waals surface area contributed by atoms with Gasteiger partial charge in [-0.25, -0.2) is 9.78 Å². The number of aryl methyl sites for hydroxylation is 1. The molecule has 1 aromatic heterocycles. The van der Waals surface area contributed by atoms with Gasteiger partial charge in [0.15, 0.2) is 0 Å². The van der Waals surface area contributed by atoms with E-state index in [4.69, 9.17) is 4.74 Å². The molecule has 2 aromatic carbocycles. The number of benzene rings is 2. The number of para-hydroxylation sites is 1. The SMILES string of the molecule is CCN(CC)CCOC(=O)c1ccc(Nc2cc(C)c3ccccc3n2)cc1. The van der Waals surface area contributed by atoms with Crippen molar-refractivity contribution < 1.29 is 9.53 Å². The van der Waals surface area contributed by atoms with E-state index in [1.165, 1.54) is 5.56 Å². The molecule has 0 fully saturated rings. The van der Waals surface area contributed by atoms with Crippen molar-refractivity contribution in [1.29, 1.82) is 0 Å². The van der Waals surface area contributed by atoms with Gasteiger partial charge in [-0.3, -0.25) is 0 Å². The number of aromatic nitrogens is 1. The Morgan fingerprint density at radius 3 is 2.50 bits per heavy atom. The predicted molar refractivity (Wildman–Crippen MR) is 114 cm³/mol. The molecule has 0 amide bonds. The quantitative estimate of drug-likeness (QED) is 0.572. The van der Waals surface area contributed by atoms with E-state index in [9.17, 15) is 4.79 Å². The van der Waals surface area contributed by atoms with Crippen LogP contribution >= 0.6 is 0 Å². The van der Waals surface area contributed by atoms with Crippen molar-refractivity contribution in [1.82, 2.24) is 9.88 Å². The molecule has 146 valence electrons. The van der Waals surface area contributed by atoms with Crippen LogP contribution in [0.4, 0.5) is 11.5 Å². The van der Waals surface area contributed by atoms with Gasteiger partial charge in [0.05, 0.1) is 11.1 Å². The molecule has 0 atom stereocenters. The van der Waals surface area contributed by atoms with Crippen LogP contribution in [0, 0.1) is 6.92 Å². The lowest BCUT2D eigenvalue weighted by molar-refractivity contribution is 0.0466. The number of ether oxygens (including phenoxy) is 1. The van der Waals surface area contributed by atoms with E-state index in [0.717, 1.165) is 42.0 Å². The zero-order valence-corrected chi connectivity index (χ0v) is 16.7. The Labute approximate surface area is 166 Å². The van der Waals surface area contributed by atoms with Gasteiger partial charge < -0.3 is 15.0 Å². The van der Waals surface area contributed by atoms with Crippen molar-refractivity contribution in [3.05, 3.63) is 65.7 Å². The zero-order chi connectivity index (χ0) is 19.9. The van der Waals surface area contributed by atoms with Gasteiger partial charge in [-0.05, 0) is 62.0 Å². The zero-order valence-electron chi connectivity index (χ0n) is 16.7. The van der Waals surface area contributed by atoms with E-state index in [1.807, 2.05) is 36.4 Å². The number of anilines is 2. The molecule has 0 radical (unpaired) electrons. The van der Waals surface area contributed by atoms with Crippen molar-refractivity contribution >= 4 is 28.4 Å². The highest BCUT2D eigenvalue weighted by Crippen LogP contribution is 2.22. The Morgan fingerprint density at radius 2 is 1.79 bits per heavy atom. The molecule has 0 unspecified atom stereocenters. The molecule has 5 heteroatoms. The molecule has 1 N–H and O–H groups in total. The van der Waals surface area contributed by atoms with Crippen LogP contribution in [0.25, 0.3) is 10.9 Å². The van der Waals surface area contributed by atoms with Crippen LogP contribution in [0.1, 0.15) is 29.8 Å². The highest BCUT2D eigenvalue weighted by Gasteiger charge is 2.09. The summed E-state index contributed by atoms with van der Waals surface area (Å²) in [6.45, 7) is 9.35. The number of likely N-dealkylation sites (N-methyl/N-ethyl adjacent to an activating group) is 1. The minimum atomic E-state index is -0.293. The van der Waals surface area contributed by atoms with E-state index >= 15 is 0 Å². The molecular weight excluding hydrogens is 350 g/mol. The van der Waals surface area contributed by atoms with E-state index in [-0.39, 0.29) is 5.97 Å². The van der Waals surface area contributed by atoms with Gasteiger partial charge in [0, 0.05) is 17.6 Å². The minimum Gasteiger partial charge on any atom is -0.461 e. The summed E-state index contributed by atoms with van der Waals surface area (Å²) in [6.07, 6.45) is 0. The van der Waals surface area contributed by atoms with Crippen LogP contribution in [0.5, 0.6) is 0 Å². The summed E-state index contributed by atoms with van der Waals surface area (Å²) < 4.78 is 5.37. The molecule has 0 bridgehead atoms. The van der Waals surface area contributed by atoms with Gasteiger partial charge in [0.2, 0.25) is 0 Å². The highest BCUT2D eigenvalue weighted by atomic mass is 16.5. The first-order chi connectivity index (χ1) is 13.6. The number of esters is 1. The fourth-order valence-corrected chi connectivity index (χ4v) is 3.14. The summed E-state index contributed by atoms with van der Waals surface area (Å²) in [4.78, 5) is 19.1. The number of carbonyl (C=O) groups excluding carboxylic acids is 1. The maximum atomic E-state index is 12.2. The summed E-state index contributed by atoms with van der Waals surface area (Å²) in [6, 6.07) is 17.4. The number of hydrogen-bond acceptors (Lipinski definition) is 5. The third-order valence-electron chi connectivity index (χ3n) is 4.85. The topological polar surface area (TPSA) is 54.5 Å². The number of pyridine rings is 1. The van der Waals surface area contributed by atoms with E-state index in [2.05, 4.69) is 42.0 Å². The summed E-state index contributed by atoms with van der Waals surface area (Å²) >= 11 is 0. The van der Waals surface area contributed by atoms with Gasteiger partial charge in [-0.15, -0.1) is 0 Å². The molecule has 0 aliphatic heterocycles. The predicted octanol–water partition coefficient (Wildman–Crippen LogP) is 4.79. The van der Waals surface area contributed by atoms with Crippen LogP contribution < -0.4 is 5.32 Å². The largest absolute Gasteiger partial charge is 0.461 e. The van der Waals surface area contributed by atoms with E-state index in [0.29, 0.717) is 12.2 Å². The Bertz CT molecular complexity index is 934. The van der Waals surface area contributed by atoms with Gasteiger partial charge in [0.1, 0.15) is 12.4 Å². The van der Waals surface area contributed by atoms with Crippen molar-refractivity contribution in [2.24, 2.45) is 0 Å². The second-order valence-electron chi connectivity index (χ2n) is 6.71. The Morgan fingerprint density at radius 1 is 1.07 bits per heavy atom. The lowest BCUT2D eigenvalue weighted by Gasteiger charge is -2.17. The minimum absolute atomic E-state index is 0.293. The van der Waals surface area contributed by atoms with Crippen molar-refractivity contribution in [3.8, 4) is 0 Å². The monoisotopic (exact) mass is 377 g/mol. The van der Waals surface area contributed by atoms with Crippen molar-refractivity contribution in [2.75, 3.05) is 31.6 Å². The summed E-state index contributed by atoms with van der Waals surface area (Å²) in [5.41, 5.74) is 3.55. The molecule has 3 aromatic rings. The fraction of sp³-hybridized carbons (Fsp3) is 0.304. The first kappa shape index (κ1) is 19.8. The molecule has 0 aliphatic rings. The van der Waals surface area contributed by atoms with Gasteiger partial charge in [-0.1, -0.05) is 32.0 Å². The molecule has 5 nitrogen and oxygen atoms in total. The van der Waals surface area contributed by atoms with Gasteiger partial charge in [-0.2, -0.15) is 0 Å². The maximum Gasteiger partial charge on any atom is 0.338 e. The smallest absolute Gasteiger partial charge is 0.338 e. The highest BCUT2D eigenvalue weighted by molar-refractivity contribution is 5.90. The lowest BCUT2D eigenvalue weighted by Crippen LogP contribution is -2.27. The van der Waals surface area contributed by atoms with Crippen molar-refractivity contribution in [3.63, 3.8) is 0 Å². The third-order valence-corrected chi connectivity index (χ3v) is 4.85. The average Bonchev–Trinajstić information content (AvgIpc) is 2.72. The summed E-state index contributed by atoms with van der Waals surface area (Å²) in [5.74, 6) is 0.490. The maximum absolute atomic E-state index is 12.2. The van der Waals surface area contributed by atoms with Crippen LogP contribution in [0.2, 0.25) is 0 Å². The molecule has 0 saturated heterocycles. The second-order valence-corrected chi connectivity index (χ2v) is 6.71. The number of fused-ring (bicyclic) bond motifs is 1. The lowest BCUT2D eigenvalue weighted by atomic mass is 10.1. The van der Waals surface area contributed by atoms with Crippen molar-refractivity contribution in [2.45, 2.75) is 20.8 Å². The van der Waals surface area contributed by atoms with Crippen LogP contribution in [0.15, 0.2) is 54.6 Å². The second kappa shape index (κ2) is 9.33. The molecule has 28 heavy (non-hydrogen) atoms. The van der Waals surface area contributed by atoms with E-state index in [1.54, 1.807) is 12.1 Å². The number of hydrogen-bond donors (Lipinski definition) is 1. The number of rotatable bonds is 8. The third kappa shape index (κ3) is 4.87. The van der Waals surface area contributed by atoms with Gasteiger partial charge in [0.25, 0.3) is 0 Å². The van der Waals surface area contributed by atoms with Crippen LogP contribution in [-0.2, 0) is 4.74 Å². The molecule has 0 saturated carbocycles. The molecule has 0 spiro atoms. The summed E-state index contributed by atoms with van der Waals surface area (Å²) in [7, 11) is 0. The Kier molecular flexibility index (Phi) is 6.61. The standard InChI is InChI=1S/C23H27N3O2/c1-4-26(5-2)14-15-28-23(27)18-10-12-19(13-11-18)24-22-16-17(3)20-8-6-7-9-21(20)25-22/h6-13,16H,4-5,14-15H2,1-3H3,(H,24,25). The fourth-order valence-electron chi connectivity index (χ4n) is 3.14. The Balaban J connectivity index is 1.62. The molecule has 3 rings (SSSR count). The van der Waals surface area contributed by atoms with Crippen LogP contribution in [-0.4, -0.2) is 42.1 Å². The molecule has 1 heterocycles. The number of nitrogens with zero attached hydrogens (tertiary/aromatic N) is 2.